The average molecular weight is 517 g/mol. The number of carbonyl (C=O) groups is 1. The van der Waals surface area contributed by atoms with Crippen LogP contribution in [0.5, 0.6) is 5.75 Å². The minimum absolute atomic E-state index is 0.161. The van der Waals surface area contributed by atoms with Crippen LogP contribution in [0, 0.1) is 11.3 Å². The summed E-state index contributed by atoms with van der Waals surface area (Å²) < 4.78 is 21.6. The number of amides is 1. The number of aromatic nitrogens is 4. The molecule has 4 aromatic heterocycles. The van der Waals surface area contributed by atoms with Gasteiger partial charge in [-0.2, -0.15) is 10.4 Å². The Morgan fingerprint density at radius 2 is 2.13 bits per heavy atom. The molecule has 5 rings (SSSR count). The standard InChI is InChI=1S/C26H25FN8O3/c1-26(2,37)23(27)14-32-25(36)18-13-30-20(21-4-3-17-7-15(10-28)11-33-35(17)21)9-19(18)34-16-8-22-24(31-12-16)29-5-6-38-22/h3-4,7-9,11-13,23,37H,5-6,14H2,1-2H3,(H,29,31)(H,30,34)(H,32,36)/t23-/m1/s1. The number of fused-ring (bicyclic) bond motifs is 2. The summed E-state index contributed by atoms with van der Waals surface area (Å²) in [5.74, 6) is 0.624. The highest BCUT2D eigenvalue weighted by molar-refractivity contribution is 6.00. The average Bonchev–Trinajstić information content (AvgIpc) is 3.34. The van der Waals surface area contributed by atoms with Gasteiger partial charge in [0.2, 0.25) is 0 Å². The van der Waals surface area contributed by atoms with Crippen molar-refractivity contribution in [3.63, 3.8) is 0 Å². The lowest BCUT2D eigenvalue weighted by atomic mass is 10.0. The number of aliphatic hydroxyl groups is 1. The van der Waals surface area contributed by atoms with Crippen LogP contribution >= 0.6 is 0 Å². The molecule has 0 bridgehead atoms. The smallest absolute Gasteiger partial charge is 0.255 e. The fourth-order valence-electron chi connectivity index (χ4n) is 3.90. The summed E-state index contributed by atoms with van der Waals surface area (Å²) in [4.78, 5) is 21.9. The van der Waals surface area contributed by atoms with Crippen molar-refractivity contribution in [3.05, 3.63) is 60.0 Å². The van der Waals surface area contributed by atoms with E-state index in [1.165, 1.54) is 26.2 Å². The summed E-state index contributed by atoms with van der Waals surface area (Å²) in [6.45, 7) is 3.45. The molecule has 4 N–H and O–H groups in total. The van der Waals surface area contributed by atoms with Crippen molar-refractivity contribution < 1.29 is 19.0 Å². The second kappa shape index (κ2) is 9.95. The summed E-state index contributed by atoms with van der Waals surface area (Å²) in [5.41, 5.74) is 1.80. The molecular weight excluding hydrogens is 491 g/mol. The summed E-state index contributed by atoms with van der Waals surface area (Å²) in [6.07, 6.45) is 2.78. The molecule has 0 radical (unpaired) electrons. The fraction of sp³-hybridized carbons (Fsp3) is 0.269. The molecule has 0 spiro atoms. The molecule has 194 valence electrons. The van der Waals surface area contributed by atoms with Crippen LogP contribution in [-0.2, 0) is 0 Å². The molecule has 0 fully saturated rings. The Morgan fingerprint density at radius 1 is 1.29 bits per heavy atom. The predicted octanol–water partition coefficient (Wildman–Crippen LogP) is 3.05. The van der Waals surface area contributed by atoms with Crippen molar-refractivity contribution in [2.75, 3.05) is 30.3 Å². The molecule has 1 amide bonds. The van der Waals surface area contributed by atoms with Crippen molar-refractivity contribution in [2.24, 2.45) is 0 Å². The number of ether oxygens (including phenoxy) is 1. The molecule has 0 aromatic carbocycles. The highest BCUT2D eigenvalue weighted by atomic mass is 19.1. The van der Waals surface area contributed by atoms with Gasteiger partial charge < -0.3 is 25.8 Å². The molecule has 0 unspecified atom stereocenters. The summed E-state index contributed by atoms with van der Waals surface area (Å²) in [7, 11) is 0. The maximum absolute atomic E-state index is 14.3. The zero-order valence-corrected chi connectivity index (χ0v) is 20.7. The number of pyridine rings is 2. The number of rotatable bonds is 7. The van der Waals surface area contributed by atoms with Crippen molar-refractivity contribution in [1.29, 1.82) is 5.26 Å². The van der Waals surface area contributed by atoms with Crippen LogP contribution in [0.4, 0.5) is 21.6 Å². The first kappa shape index (κ1) is 24.9. The van der Waals surface area contributed by atoms with E-state index >= 15 is 0 Å². The van der Waals surface area contributed by atoms with Gasteiger partial charge in [0.1, 0.15) is 18.8 Å². The van der Waals surface area contributed by atoms with E-state index in [9.17, 15) is 14.3 Å². The van der Waals surface area contributed by atoms with Crippen LogP contribution in [0.15, 0.2) is 48.9 Å². The Labute approximate surface area is 217 Å². The van der Waals surface area contributed by atoms with E-state index in [1.54, 1.807) is 28.9 Å². The first-order valence-corrected chi connectivity index (χ1v) is 11.9. The van der Waals surface area contributed by atoms with Crippen LogP contribution in [0.25, 0.3) is 16.9 Å². The molecule has 11 nitrogen and oxygen atoms in total. The molecule has 5 heterocycles. The lowest BCUT2D eigenvalue weighted by Gasteiger charge is -2.23. The molecule has 0 saturated carbocycles. The van der Waals surface area contributed by atoms with Gasteiger partial charge >= 0.3 is 0 Å². The first-order valence-electron chi connectivity index (χ1n) is 11.9. The summed E-state index contributed by atoms with van der Waals surface area (Å²) >= 11 is 0. The fourth-order valence-corrected chi connectivity index (χ4v) is 3.90. The van der Waals surface area contributed by atoms with Crippen molar-refractivity contribution in [2.45, 2.75) is 25.6 Å². The highest BCUT2D eigenvalue weighted by Crippen LogP contribution is 2.31. The number of hydrogen-bond acceptors (Lipinski definition) is 9. The Balaban J connectivity index is 1.51. The number of hydrogen-bond donors (Lipinski definition) is 4. The molecule has 1 aliphatic heterocycles. The first-order chi connectivity index (χ1) is 18.2. The SMILES string of the molecule is CC(C)(O)[C@H](F)CNC(=O)c1cnc(-c2ccc3cc(C#N)cnn23)cc1Nc1cnc2c(c1)OCCN2. The van der Waals surface area contributed by atoms with Crippen molar-refractivity contribution in [1.82, 2.24) is 24.9 Å². The molecular formula is C26H25FN8O3. The topological polar surface area (TPSA) is 149 Å². The Kier molecular flexibility index (Phi) is 6.52. The number of carbonyl (C=O) groups excluding carboxylic acids is 1. The van der Waals surface area contributed by atoms with Gasteiger partial charge in [0.15, 0.2) is 11.6 Å². The van der Waals surface area contributed by atoms with E-state index in [1.807, 2.05) is 12.1 Å². The van der Waals surface area contributed by atoms with E-state index in [4.69, 9.17) is 10.00 Å². The number of nitrogens with zero attached hydrogens (tertiary/aromatic N) is 5. The third kappa shape index (κ3) is 5.05. The van der Waals surface area contributed by atoms with Crippen LogP contribution in [0.3, 0.4) is 0 Å². The summed E-state index contributed by atoms with van der Waals surface area (Å²) in [6, 6.07) is 10.8. The maximum Gasteiger partial charge on any atom is 0.255 e. The van der Waals surface area contributed by atoms with E-state index in [2.05, 4.69) is 37.1 Å². The van der Waals surface area contributed by atoms with E-state index in [-0.39, 0.29) is 12.1 Å². The minimum atomic E-state index is -1.67. The highest BCUT2D eigenvalue weighted by Gasteiger charge is 2.27. The van der Waals surface area contributed by atoms with E-state index < -0.39 is 17.7 Å². The van der Waals surface area contributed by atoms with Crippen molar-refractivity contribution in [3.8, 4) is 23.2 Å². The monoisotopic (exact) mass is 516 g/mol. The zero-order valence-electron chi connectivity index (χ0n) is 20.7. The second-order valence-electron chi connectivity index (χ2n) is 9.33. The Hall–Kier alpha value is -4.76. The second-order valence-corrected chi connectivity index (χ2v) is 9.33. The maximum atomic E-state index is 14.3. The van der Waals surface area contributed by atoms with E-state index in [0.29, 0.717) is 58.6 Å². The van der Waals surface area contributed by atoms with Crippen LogP contribution in [0.2, 0.25) is 0 Å². The lowest BCUT2D eigenvalue weighted by molar-refractivity contribution is -0.00177. The van der Waals surface area contributed by atoms with Crippen LogP contribution < -0.4 is 20.7 Å². The predicted molar refractivity (Wildman–Crippen MR) is 138 cm³/mol. The number of anilines is 3. The number of alkyl halides is 1. The number of nitriles is 1. The molecule has 0 saturated heterocycles. The minimum Gasteiger partial charge on any atom is -0.488 e. The van der Waals surface area contributed by atoms with Gasteiger partial charge in [-0.15, -0.1) is 0 Å². The molecule has 1 aliphatic rings. The molecule has 1 atom stereocenters. The molecule has 4 aromatic rings. The van der Waals surface area contributed by atoms with Crippen LogP contribution in [0.1, 0.15) is 29.8 Å². The lowest BCUT2D eigenvalue weighted by Crippen LogP contribution is -2.42. The largest absolute Gasteiger partial charge is 0.488 e. The third-order valence-corrected chi connectivity index (χ3v) is 6.03. The molecule has 12 heteroatoms. The summed E-state index contributed by atoms with van der Waals surface area (Å²) in [5, 5.41) is 32.3. The van der Waals surface area contributed by atoms with Gasteiger partial charge in [0.05, 0.1) is 70.5 Å². The van der Waals surface area contributed by atoms with Gasteiger partial charge in [0.25, 0.3) is 5.91 Å². The quantitative estimate of drug-likeness (QED) is 0.291. The van der Waals surface area contributed by atoms with Crippen LogP contribution in [-0.4, -0.2) is 62.1 Å². The third-order valence-electron chi connectivity index (χ3n) is 6.03. The number of nitrogens with one attached hydrogen (secondary N) is 3. The van der Waals surface area contributed by atoms with Crippen molar-refractivity contribution >= 4 is 28.6 Å². The Morgan fingerprint density at radius 3 is 2.92 bits per heavy atom. The molecule has 38 heavy (non-hydrogen) atoms. The van der Waals surface area contributed by atoms with Gasteiger partial charge in [-0.1, -0.05) is 0 Å². The number of halogens is 1. The van der Waals surface area contributed by atoms with Gasteiger partial charge in [-0.3, -0.25) is 9.78 Å². The Bertz CT molecular complexity index is 1560. The van der Waals surface area contributed by atoms with Gasteiger partial charge in [0, 0.05) is 12.3 Å². The normalized spacial score (nSPS) is 13.6. The zero-order chi connectivity index (χ0) is 26.9. The van der Waals surface area contributed by atoms with Gasteiger partial charge in [-0.05, 0) is 38.1 Å². The van der Waals surface area contributed by atoms with Gasteiger partial charge in [-0.25, -0.2) is 13.9 Å². The van der Waals surface area contributed by atoms with E-state index in [0.717, 1.165) is 0 Å². The molecule has 0 aliphatic carbocycles.